The number of hydrogen-bond acceptors (Lipinski definition) is 5. The Morgan fingerprint density at radius 2 is 1.93 bits per heavy atom. The number of benzene rings is 1. The van der Waals surface area contributed by atoms with Crippen LogP contribution in [0.25, 0.3) is 11.4 Å². The molecule has 0 bridgehead atoms. The van der Waals surface area contributed by atoms with Crippen LogP contribution in [-0.2, 0) is 4.79 Å². The lowest BCUT2D eigenvalue weighted by molar-refractivity contribution is -0.116. The highest BCUT2D eigenvalue weighted by molar-refractivity contribution is 6.36. The lowest BCUT2D eigenvalue weighted by atomic mass is 9.86. The van der Waals surface area contributed by atoms with E-state index in [9.17, 15) is 4.79 Å². The molecule has 0 saturated heterocycles. The van der Waals surface area contributed by atoms with Crippen LogP contribution in [0.3, 0.4) is 0 Å². The van der Waals surface area contributed by atoms with Crippen molar-refractivity contribution in [3.8, 4) is 11.4 Å². The van der Waals surface area contributed by atoms with Gasteiger partial charge in [-0.05, 0) is 48.7 Å². The number of aromatic nitrogens is 4. The summed E-state index contributed by atoms with van der Waals surface area (Å²) < 4.78 is 1.76. The molecule has 6 nitrogen and oxygen atoms in total. The maximum absolute atomic E-state index is 12.8. The van der Waals surface area contributed by atoms with Gasteiger partial charge in [0.15, 0.2) is 11.6 Å². The number of Topliss-reactive ketones (excluding diaryl/α,β-unsaturated/α-hetero) is 1. The summed E-state index contributed by atoms with van der Waals surface area (Å²) in [7, 11) is 0. The highest BCUT2D eigenvalue weighted by atomic mass is 35.5. The Balaban J connectivity index is 1.68. The molecule has 0 amide bonds. The highest BCUT2D eigenvalue weighted by Crippen LogP contribution is 2.41. The van der Waals surface area contributed by atoms with E-state index < -0.39 is 0 Å². The Kier molecular flexibility index (Phi) is 4.18. The van der Waals surface area contributed by atoms with E-state index in [1.807, 2.05) is 12.1 Å². The molecule has 0 fully saturated rings. The average molecular weight is 412 g/mol. The minimum atomic E-state index is -0.339. The molecule has 1 aliphatic heterocycles. The first-order valence-corrected chi connectivity index (χ1v) is 9.72. The summed E-state index contributed by atoms with van der Waals surface area (Å²) in [6, 6.07) is 8.69. The molecule has 2 aromatic heterocycles. The molecule has 140 valence electrons. The van der Waals surface area contributed by atoms with E-state index in [2.05, 4.69) is 15.3 Å². The van der Waals surface area contributed by atoms with Gasteiger partial charge in [-0.2, -0.15) is 4.98 Å². The molecule has 1 aromatic carbocycles. The van der Waals surface area contributed by atoms with E-state index in [0.717, 1.165) is 29.7 Å². The van der Waals surface area contributed by atoms with Crippen molar-refractivity contribution >= 4 is 34.9 Å². The zero-order chi connectivity index (χ0) is 19.3. The lowest BCUT2D eigenvalue weighted by Crippen LogP contribution is -2.31. The second kappa shape index (κ2) is 6.72. The maximum Gasteiger partial charge on any atom is 0.226 e. The number of hydrogen-bond donors (Lipinski definition) is 1. The molecule has 28 heavy (non-hydrogen) atoms. The van der Waals surface area contributed by atoms with E-state index >= 15 is 0 Å². The van der Waals surface area contributed by atoms with Crippen LogP contribution >= 0.6 is 23.2 Å². The van der Waals surface area contributed by atoms with Crippen LogP contribution < -0.4 is 5.32 Å². The molecule has 8 heteroatoms. The van der Waals surface area contributed by atoms with Gasteiger partial charge in [0, 0.05) is 40.7 Å². The molecule has 1 atom stereocenters. The number of anilines is 1. The summed E-state index contributed by atoms with van der Waals surface area (Å²) in [6.45, 7) is 0. The van der Waals surface area contributed by atoms with Crippen LogP contribution in [0.5, 0.6) is 0 Å². The van der Waals surface area contributed by atoms with Gasteiger partial charge >= 0.3 is 0 Å². The van der Waals surface area contributed by atoms with Crippen molar-refractivity contribution in [3.63, 3.8) is 0 Å². The summed E-state index contributed by atoms with van der Waals surface area (Å²) in [5.74, 6) is 1.22. The van der Waals surface area contributed by atoms with E-state index in [0.29, 0.717) is 33.8 Å². The number of allylic oxidation sites excluding steroid dienone is 2. The van der Waals surface area contributed by atoms with Gasteiger partial charge in [-0.3, -0.25) is 9.78 Å². The zero-order valence-electron chi connectivity index (χ0n) is 14.7. The smallest absolute Gasteiger partial charge is 0.226 e. The number of pyridine rings is 1. The van der Waals surface area contributed by atoms with Gasteiger partial charge in [0.1, 0.15) is 6.04 Å². The minimum Gasteiger partial charge on any atom is -0.328 e. The number of carbonyl (C=O) groups excluding carboxylic acids is 1. The molecule has 2 aliphatic rings. The van der Waals surface area contributed by atoms with Crippen molar-refractivity contribution in [3.05, 3.63) is 69.6 Å². The summed E-state index contributed by atoms with van der Waals surface area (Å²) in [5.41, 5.74) is 3.31. The Morgan fingerprint density at radius 1 is 1.11 bits per heavy atom. The van der Waals surface area contributed by atoms with Gasteiger partial charge in [0.2, 0.25) is 5.95 Å². The third-order valence-electron chi connectivity index (χ3n) is 5.06. The Morgan fingerprint density at radius 3 is 2.71 bits per heavy atom. The number of nitrogens with zero attached hydrogens (tertiary/aromatic N) is 4. The molecule has 1 aliphatic carbocycles. The fraction of sp³-hybridized carbons (Fsp3) is 0.200. The molecule has 1 N–H and O–H groups in total. The van der Waals surface area contributed by atoms with E-state index in [4.69, 9.17) is 28.3 Å². The van der Waals surface area contributed by atoms with Crippen molar-refractivity contribution in [2.75, 3.05) is 5.32 Å². The predicted octanol–water partition coefficient (Wildman–Crippen LogP) is 4.67. The quantitative estimate of drug-likeness (QED) is 0.663. The number of rotatable bonds is 2. The van der Waals surface area contributed by atoms with Gasteiger partial charge in [-0.15, -0.1) is 5.10 Å². The number of ketones is 1. The molecule has 1 unspecified atom stereocenters. The standard InChI is InChI=1S/C20H15Cl2N5O/c21-12-4-5-13(14(22)10-12)19-25-20-24-15-2-1-3-16(28)17(15)18(27(20)26-19)11-6-8-23-9-7-11/h4-10,18H,1-3H2,(H,24,25,26). The summed E-state index contributed by atoms with van der Waals surface area (Å²) in [4.78, 5) is 21.5. The molecule has 3 heterocycles. The van der Waals surface area contributed by atoms with Crippen molar-refractivity contribution in [2.24, 2.45) is 0 Å². The van der Waals surface area contributed by atoms with Gasteiger partial charge in [0.05, 0.1) is 5.02 Å². The van der Waals surface area contributed by atoms with Gasteiger partial charge in [0.25, 0.3) is 0 Å². The van der Waals surface area contributed by atoms with Crippen molar-refractivity contribution < 1.29 is 4.79 Å². The molecular weight excluding hydrogens is 397 g/mol. The zero-order valence-corrected chi connectivity index (χ0v) is 16.2. The van der Waals surface area contributed by atoms with E-state index in [1.165, 1.54) is 0 Å². The molecular formula is C20H15Cl2N5O. The summed E-state index contributed by atoms with van der Waals surface area (Å²) in [5, 5.41) is 9.04. The number of nitrogens with one attached hydrogen (secondary N) is 1. The van der Waals surface area contributed by atoms with Crippen LogP contribution in [-0.4, -0.2) is 25.5 Å². The van der Waals surface area contributed by atoms with E-state index in [-0.39, 0.29) is 11.8 Å². The SMILES string of the molecule is O=C1CCCC2=C1C(c1ccncc1)n1nc(-c3ccc(Cl)cc3Cl)nc1N2. The topological polar surface area (TPSA) is 72.7 Å². The van der Waals surface area contributed by atoms with Gasteiger partial charge in [-0.25, -0.2) is 4.68 Å². The van der Waals surface area contributed by atoms with Gasteiger partial charge < -0.3 is 5.32 Å². The molecule has 0 saturated carbocycles. The first-order valence-electron chi connectivity index (χ1n) is 8.97. The fourth-order valence-corrected chi connectivity index (χ4v) is 4.29. The summed E-state index contributed by atoms with van der Waals surface area (Å²) >= 11 is 12.4. The van der Waals surface area contributed by atoms with Crippen molar-refractivity contribution in [1.29, 1.82) is 0 Å². The molecule has 5 rings (SSSR count). The second-order valence-electron chi connectivity index (χ2n) is 6.80. The molecule has 0 radical (unpaired) electrons. The second-order valence-corrected chi connectivity index (χ2v) is 7.65. The third-order valence-corrected chi connectivity index (χ3v) is 5.61. The van der Waals surface area contributed by atoms with Crippen LogP contribution in [0.15, 0.2) is 54.0 Å². The number of carbonyl (C=O) groups is 1. The highest BCUT2D eigenvalue weighted by Gasteiger charge is 2.37. The maximum atomic E-state index is 12.8. The van der Waals surface area contributed by atoms with Crippen molar-refractivity contribution in [1.82, 2.24) is 19.7 Å². The molecule has 3 aromatic rings. The lowest BCUT2D eigenvalue weighted by Gasteiger charge is -2.32. The van der Waals surface area contributed by atoms with Gasteiger partial charge in [-0.1, -0.05) is 23.2 Å². The number of fused-ring (bicyclic) bond motifs is 1. The van der Waals surface area contributed by atoms with Crippen LogP contribution in [0.4, 0.5) is 5.95 Å². The van der Waals surface area contributed by atoms with Crippen LogP contribution in [0.1, 0.15) is 30.9 Å². The van der Waals surface area contributed by atoms with E-state index in [1.54, 1.807) is 35.3 Å². The Bertz CT molecular complexity index is 1120. The van der Waals surface area contributed by atoms with Crippen molar-refractivity contribution in [2.45, 2.75) is 25.3 Å². The molecule has 0 spiro atoms. The predicted molar refractivity (Wildman–Crippen MR) is 107 cm³/mol. The minimum absolute atomic E-state index is 0.141. The monoisotopic (exact) mass is 411 g/mol. The largest absolute Gasteiger partial charge is 0.328 e. The summed E-state index contributed by atoms with van der Waals surface area (Å²) in [6.07, 6.45) is 5.63. The van der Waals surface area contributed by atoms with Crippen LogP contribution in [0, 0.1) is 0 Å². The Labute approximate surface area is 171 Å². The average Bonchev–Trinajstić information content (AvgIpc) is 3.10. The normalized spacial score (nSPS) is 18.5. The number of halogens is 2. The first kappa shape index (κ1) is 17.4. The fourth-order valence-electron chi connectivity index (χ4n) is 3.80. The first-order chi connectivity index (χ1) is 13.6. The Hall–Kier alpha value is -2.70. The van der Waals surface area contributed by atoms with Crippen LogP contribution in [0.2, 0.25) is 10.0 Å². The third kappa shape index (κ3) is 2.80.